The second-order valence-electron chi connectivity index (χ2n) is 5.72. The standard InChI is InChI=1S/C16H23NO2S/c1-18-12-4-5-15-13(10-12)14(6-9-19-15)17-11-16(20-2)7-3-8-16/h4-5,10,14,17H,3,6-9,11H2,1-2H3. The van der Waals surface area contributed by atoms with Gasteiger partial charge in [0.15, 0.2) is 0 Å². The van der Waals surface area contributed by atoms with Crippen molar-refractivity contribution in [2.24, 2.45) is 0 Å². The number of nitrogens with one attached hydrogen (secondary N) is 1. The predicted molar refractivity (Wildman–Crippen MR) is 83.9 cm³/mol. The van der Waals surface area contributed by atoms with Gasteiger partial charge in [0.1, 0.15) is 11.5 Å². The summed E-state index contributed by atoms with van der Waals surface area (Å²) in [5.74, 6) is 1.91. The highest BCUT2D eigenvalue weighted by Crippen LogP contribution is 2.43. The Morgan fingerprint density at radius 2 is 2.30 bits per heavy atom. The fraction of sp³-hybridized carbons (Fsp3) is 0.625. The SMILES string of the molecule is COc1ccc2c(c1)C(NCC1(SC)CCC1)CCO2. The first-order valence-electron chi connectivity index (χ1n) is 7.36. The Balaban J connectivity index is 1.72. The van der Waals surface area contributed by atoms with Gasteiger partial charge >= 0.3 is 0 Å². The molecule has 4 heteroatoms. The summed E-state index contributed by atoms with van der Waals surface area (Å²) in [7, 11) is 1.71. The van der Waals surface area contributed by atoms with Crippen molar-refractivity contribution >= 4 is 11.8 Å². The summed E-state index contributed by atoms with van der Waals surface area (Å²) in [4.78, 5) is 0. The van der Waals surface area contributed by atoms with E-state index in [4.69, 9.17) is 9.47 Å². The molecule has 110 valence electrons. The molecular formula is C16H23NO2S. The molecular weight excluding hydrogens is 270 g/mol. The van der Waals surface area contributed by atoms with Crippen molar-refractivity contribution < 1.29 is 9.47 Å². The molecule has 3 rings (SSSR count). The maximum absolute atomic E-state index is 5.75. The van der Waals surface area contributed by atoms with Crippen molar-refractivity contribution in [2.45, 2.75) is 36.5 Å². The average Bonchev–Trinajstić information content (AvgIpc) is 2.46. The van der Waals surface area contributed by atoms with Crippen LogP contribution in [0, 0.1) is 0 Å². The van der Waals surface area contributed by atoms with Crippen molar-refractivity contribution in [1.29, 1.82) is 0 Å². The van der Waals surface area contributed by atoms with Crippen LogP contribution in [-0.2, 0) is 0 Å². The van der Waals surface area contributed by atoms with Gasteiger partial charge in [0.25, 0.3) is 0 Å². The lowest BCUT2D eigenvalue weighted by atomic mass is 9.83. The first-order valence-corrected chi connectivity index (χ1v) is 8.58. The van der Waals surface area contributed by atoms with E-state index in [1.54, 1.807) is 7.11 Å². The zero-order chi connectivity index (χ0) is 14.0. The summed E-state index contributed by atoms with van der Waals surface area (Å²) in [6.45, 7) is 1.89. The Morgan fingerprint density at radius 1 is 1.45 bits per heavy atom. The quantitative estimate of drug-likeness (QED) is 0.901. The third-order valence-electron chi connectivity index (χ3n) is 4.62. The van der Waals surface area contributed by atoms with Gasteiger partial charge in [-0.1, -0.05) is 6.42 Å². The number of hydrogen-bond donors (Lipinski definition) is 1. The smallest absolute Gasteiger partial charge is 0.124 e. The second-order valence-corrected chi connectivity index (χ2v) is 6.99. The molecule has 1 fully saturated rings. The number of rotatable bonds is 5. The van der Waals surface area contributed by atoms with E-state index in [1.165, 1.54) is 24.8 Å². The molecule has 1 aliphatic heterocycles. The van der Waals surface area contributed by atoms with E-state index in [1.807, 2.05) is 23.9 Å². The van der Waals surface area contributed by atoms with Gasteiger partial charge in [-0.25, -0.2) is 0 Å². The van der Waals surface area contributed by atoms with Crippen molar-refractivity contribution in [3.63, 3.8) is 0 Å². The molecule has 1 atom stereocenters. The minimum Gasteiger partial charge on any atom is -0.497 e. The van der Waals surface area contributed by atoms with Crippen LogP contribution in [0.25, 0.3) is 0 Å². The normalized spacial score (nSPS) is 23.4. The monoisotopic (exact) mass is 293 g/mol. The van der Waals surface area contributed by atoms with E-state index in [9.17, 15) is 0 Å². The lowest BCUT2D eigenvalue weighted by molar-refractivity contribution is 0.241. The molecule has 0 spiro atoms. The summed E-state index contributed by atoms with van der Waals surface area (Å²) >= 11 is 2.02. The number of methoxy groups -OCH3 is 1. The van der Waals surface area contributed by atoms with Gasteiger partial charge < -0.3 is 14.8 Å². The van der Waals surface area contributed by atoms with E-state index in [0.29, 0.717) is 10.8 Å². The first kappa shape index (κ1) is 14.1. The molecule has 0 saturated heterocycles. The van der Waals surface area contributed by atoms with Gasteiger partial charge in [-0.3, -0.25) is 0 Å². The Kier molecular flexibility index (Phi) is 4.13. The van der Waals surface area contributed by atoms with Crippen LogP contribution < -0.4 is 14.8 Å². The van der Waals surface area contributed by atoms with Crippen LogP contribution in [0.3, 0.4) is 0 Å². The minimum atomic E-state index is 0.387. The Morgan fingerprint density at radius 3 is 2.95 bits per heavy atom. The van der Waals surface area contributed by atoms with Crippen molar-refractivity contribution in [2.75, 3.05) is 26.5 Å². The highest BCUT2D eigenvalue weighted by Gasteiger charge is 2.36. The fourth-order valence-electron chi connectivity index (χ4n) is 3.04. The average molecular weight is 293 g/mol. The summed E-state index contributed by atoms with van der Waals surface area (Å²) in [5.41, 5.74) is 1.24. The zero-order valence-electron chi connectivity index (χ0n) is 12.3. The van der Waals surface area contributed by atoms with Gasteiger partial charge in [-0.15, -0.1) is 0 Å². The summed E-state index contributed by atoms with van der Waals surface area (Å²) in [5, 5.41) is 3.77. The van der Waals surface area contributed by atoms with E-state index in [-0.39, 0.29) is 0 Å². The van der Waals surface area contributed by atoms with Gasteiger partial charge in [0.2, 0.25) is 0 Å². The molecule has 1 heterocycles. The highest BCUT2D eigenvalue weighted by atomic mass is 32.2. The van der Waals surface area contributed by atoms with Gasteiger partial charge in [-0.2, -0.15) is 11.8 Å². The summed E-state index contributed by atoms with van der Waals surface area (Å²) in [6.07, 6.45) is 7.33. The maximum Gasteiger partial charge on any atom is 0.124 e. The number of fused-ring (bicyclic) bond motifs is 1. The van der Waals surface area contributed by atoms with E-state index in [0.717, 1.165) is 31.1 Å². The number of hydrogen-bond acceptors (Lipinski definition) is 4. The first-order chi connectivity index (χ1) is 9.76. The molecule has 1 aromatic rings. The lowest BCUT2D eigenvalue weighted by Crippen LogP contribution is -2.45. The molecule has 20 heavy (non-hydrogen) atoms. The second kappa shape index (κ2) is 5.86. The minimum absolute atomic E-state index is 0.387. The van der Waals surface area contributed by atoms with E-state index >= 15 is 0 Å². The molecule has 1 saturated carbocycles. The van der Waals surface area contributed by atoms with E-state index < -0.39 is 0 Å². The predicted octanol–water partition coefficient (Wildman–Crippen LogP) is 3.39. The molecule has 1 aliphatic carbocycles. The van der Waals surface area contributed by atoms with Gasteiger partial charge in [0, 0.05) is 29.3 Å². The molecule has 0 radical (unpaired) electrons. The van der Waals surface area contributed by atoms with Crippen molar-refractivity contribution in [1.82, 2.24) is 5.32 Å². The van der Waals surface area contributed by atoms with Crippen LogP contribution in [0.4, 0.5) is 0 Å². The topological polar surface area (TPSA) is 30.5 Å². The fourth-order valence-corrected chi connectivity index (χ4v) is 3.97. The van der Waals surface area contributed by atoms with Gasteiger partial charge in [0.05, 0.1) is 13.7 Å². The molecule has 1 N–H and O–H groups in total. The summed E-state index contributed by atoms with van der Waals surface area (Å²) < 4.78 is 11.6. The van der Waals surface area contributed by atoms with Crippen molar-refractivity contribution in [3.05, 3.63) is 23.8 Å². The summed E-state index contributed by atoms with van der Waals surface area (Å²) in [6, 6.07) is 6.49. The molecule has 1 unspecified atom stereocenters. The molecule has 0 bridgehead atoms. The van der Waals surface area contributed by atoms with E-state index in [2.05, 4.69) is 17.6 Å². The number of thioether (sulfide) groups is 1. The Labute approximate surface area is 125 Å². The van der Waals surface area contributed by atoms with Crippen LogP contribution in [0.2, 0.25) is 0 Å². The van der Waals surface area contributed by atoms with Crippen LogP contribution in [0.1, 0.15) is 37.3 Å². The third-order valence-corrected chi connectivity index (χ3v) is 6.04. The molecule has 1 aromatic carbocycles. The van der Waals surface area contributed by atoms with Crippen LogP contribution in [-0.4, -0.2) is 31.3 Å². The van der Waals surface area contributed by atoms with Gasteiger partial charge in [-0.05, 0) is 37.3 Å². The van der Waals surface area contributed by atoms with Crippen LogP contribution in [0.5, 0.6) is 11.5 Å². The number of benzene rings is 1. The van der Waals surface area contributed by atoms with Crippen molar-refractivity contribution in [3.8, 4) is 11.5 Å². The molecule has 3 nitrogen and oxygen atoms in total. The molecule has 2 aliphatic rings. The molecule has 0 aromatic heterocycles. The van der Waals surface area contributed by atoms with Crippen LogP contribution >= 0.6 is 11.8 Å². The Bertz CT molecular complexity index is 468. The highest BCUT2D eigenvalue weighted by molar-refractivity contribution is 8.00. The largest absolute Gasteiger partial charge is 0.497 e. The lowest BCUT2D eigenvalue weighted by Gasteiger charge is -2.42. The third kappa shape index (κ3) is 2.63. The Hall–Kier alpha value is -0.870. The zero-order valence-corrected chi connectivity index (χ0v) is 13.1. The maximum atomic E-state index is 5.75. The molecule has 0 amide bonds. The van der Waals surface area contributed by atoms with Crippen LogP contribution in [0.15, 0.2) is 18.2 Å². The number of ether oxygens (including phenoxy) is 2.